The van der Waals surface area contributed by atoms with Gasteiger partial charge in [0.1, 0.15) is 0 Å². The van der Waals surface area contributed by atoms with Gasteiger partial charge in [-0.05, 0) is 30.7 Å². The molecule has 0 unspecified atom stereocenters. The lowest BCUT2D eigenvalue weighted by Crippen LogP contribution is -2.10. The van der Waals surface area contributed by atoms with E-state index in [4.69, 9.17) is 5.73 Å². The van der Waals surface area contributed by atoms with Crippen molar-refractivity contribution in [3.8, 4) is 0 Å². The molecule has 0 aromatic carbocycles. The van der Waals surface area contributed by atoms with Crippen LogP contribution in [-0.4, -0.2) is 10.3 Å². The molecular formula is C10H10N2O. The topological polar surface area (TPSA) is 47.5 Å². The standard InChI is InChI=1S/C10H10N2O/c1-7-2-4-12-5-3-8(10(11)13)6-9(7)12/h2-6H,1H3,(H2,11,13). The van der Waals surface area contributed by atoms with Crippen LogP contribution in [-0.2, 0) is 0 Å². The van der Waals surface area contributed by atoms with E-state index in [1.807, 2.05) is 29.8 Å². The molecule has 0 saturated carbocycles. The highest BCUT2D eigenvalue weighted by Crippen LogP contribution is 2.12. The van der Waals surface area contributed by atoms with Crippen LogP contribution in [0.5, 0.6) is 0 Å². The van der Waals surface area contributed by atoms with Crippen LogP contribution in [0.4, 0.5) is 0 Å². The molecule has 13 heavy (non-hydrogen) atoms. The van der Waals surface area contributed by atoms with Crippen molar-refractivity contribution in [1.29, 1.82) is 0 Å². The van der Waals surface area contributed by atoms with E-state index in [0.717, 1.165) is 11.1 Å². The molecule has 1 amide bonds. The predicted octanol–water partition coefficient (Wildman–Crippen LogP) is 1.35. The van der Waals surface area contributed by atoms with Crippen molar-refractivity contribution in [2.24, 2.45) is 5.73 Å². The van der Waals surface area contributed by atoms with Gasteiger partial charge in [0.05, 0.1) is 0 Å². The van der Waals surface area contributed by atoms with Crippen molar-refractivity contribution in [1.82, 2.24) is 4.40 Å². The van der Waals surface area contributed by atoms with Gasteiger partial charge in [-0.25, -0.2) is 0 Å². The largest absolute Gasteiger partial charge is 0.366 e. The van der Waals surface area contributed by atoms with E-state index in [2.05, 4.69) is 0 Å². The average Bonchev–Trinajstić information content (AvgIpc) is 2.47. The lowest BCUT2D eigenvalue weighted by molar-refractivity contribution is 0.100. The van der Waals surface area contributed by atoms with Crippen molar-refractivity contribution < 1.29 is 4.79 Å². The number of fused-ring (bicyclic) bond motifs is 1. The first-order valence-electron chi connectivity index (χ1n) is 4.05. The van der Waals surface area contributed by atoms with Gasteiger partial charge in [-0.15, -0.1) is 0 Å². The monoisotopic (exact) mass is 174 g/mol. The number of hydrogen-bond acceptors (Lipinski definition) is 1. The van der Waals surface area contributed by atoms with Crippen LogP contribution in [0, 0.1) is 6.92 Å². The molecule has 0 spiro atoms. The molecule has 0 radical (unpaired) electrons. The Bertz CT molecular complexity index is 471. The number of hydrogen-bond donors (Lipinski definition) is 1. The lowest BCUT2D eigenvalue weighted by Gasteiger charge is -1.98. The van der Waals surface area contributed by atoms with Gasteiger partial charge < -0.3 is 10.1 Å². The third kappa shape index (κ3) is 1.18. The number of nitrogens with zero attached hydrogens (tertiary/aromatic N) is 1. The summed E-state index contributed by atoms with van der Waals surface area (Å²) in [6.07, 6.45) is 3.79. The number of aryl methyl sites for hydroxylation is 1. The second-order valence-electron chi connectivity index (χ2n) is 3.07. The van der Waals surface area contributed by atoms with Crippen molar-refractivity contribution in [2.45, 2.75) is 6.92 Å². The van der Waals surface area contributed by atoms with E-state index in [1.165, 1.54) is 0 Å². The number of nitrogens with two attached hydrogens (primary N) is 1. The van der Waals surface area contributed by atoms with E-state index in [-0.39, 0.29) is 5.91 Å². The normalized spacial score (nSPS) is 10.5. The molecular weight excluding hydrogens is 164 g/mol. The fraction of sp³-hybridized carbons (Fsp3) is 0.100. The van der Waals surface area contributed by atoms with Crippen LogP contribution in [0.2, 0.25) is 0 Å². The zero-order valence-corrected chi connectivity index (χ0v) is 7.32. The lowest BCUT2D eigenvalue weighted by atomic mass is 10.2. The summed E-state index contributed by atoms with van der Waals surface area (Å²) in [5, 5.41) is 0. The minimum absolute atomic E-state index is 0.386. The maximum atomic E-state index is 10.9. The van der Waals surface area contributed by atoms with Gasteiger partial charge in [0.2, 0.25) is 5.91 Å². The molecule has 2 aromatic heterocycles. The zero-order valence-electron chi connectivity index (χ0n) is 7.32. The van der Waals surface area contributed by atoms with Crippen molar-refractivity contribution in [3.05, 3.63) is 41.7 Å². The molecule has 0 aliphatic heterocycles. The molecule has 2 rings (SSSR count). The molecule has 2 aromatic rings. The van der Waals surface area contributed by atoms with Crippen LogP contribution >= 0.6 is 0 Å². The van der Waals surface area contributed by atoms with Crippen molar-refractivity contribution >= 4 is 11.4 Å². The molecule has 2 heterocycles. The molecule has 0 bridgehead atoms. The van der Waals surface area contributed by atoms with Crippen LogP contribution in [0.1, 0.15) is 15.9 Å². The Balaban J connectivity index is 2.72. The first-order valence-corrected chi connectivity index (χ1v) is 4.05. The number of primary amides is 1. The maximum Gasteiger partial charge on any atom is 0.248 e. The summed E-state index contributed by atoms with van der Waals surface area (Å²) >= 11 is 0. The Hall–Kier alpha value is -1.77. The number of carbonyl (C=O) groups excluding carboxylic acids is 1. The molecule has 0 aliphatic rings. The van der Waals surface area contributed by atoms with Gasteiger partial charge >= 0.3 is 0 Å². The third-order valence-electron chi connectivity index (χ3n) is 2.16. The fourth-order valence-electron chi connectivity index (χ4n) is 1.39. The van der Waals surface area contributed by atoms with Crippen molar-refractivity contribution in [2.75, 3.05) is 0 Å². The van der Waals surface area contributed by atoms with E-state index < -0.39 is 0 Å². The van der Waals surface area contributed by atoms with E-state index in [0.29, 0.717) is 5.56 Å². The molecule has 0 saturated heterocycles. The summed E-state index contributed by atoms with van der Waals surface area (Å²) in [5.74, 6) is -0.386. The highest BCUT2D eigenvalue weighted by Gasteiger charge is 2.02. The fourth-order valence-corrected chi connectivity index (χ4v) is 1.39. The first-order chi connectivity index (χ1) is 6.18. The number of pyridine rings is 1. The summed E-state index contributed by atoms with van der Waals surface area (Å²) in [6, 6.07) is 5.52. The van der Waals surface area contributed by atoms with Crippen molar-refractivity contribution in [3.63, 3.8) is 0 Å². The molecule has 3 nitrogen and oxygen atoms in total. The molecule has 0 aliphatic carbocycles. The predicted molar refractivity (Wildman–Crippen MR) is 50.7 cm³/mol. The Kier molecular flexibility index (Phi) is 1.59. The van der Waals surface area contributed by atoms with Gasteiger partial charge in [0.15, 0.2) is 0 Å². The Morgan fingerprint density at radius 3 is 2.77 bits per heavy atom. The molecule has 66 valence electrons. The van der Waals surface area contributed by atoms with Crippen LogP contribution in [0.15, 0.2) is 30.6 Å². The average molecular weight is 174 g/mol. The van der Waals surface area contributed by atoms with Gasteiger partial charge in [-0.2, -0.15) is 0 Å². The Labute approximate surface area is 75.8 Å². The van der Waals surface area contributed by atoms with E-state index in [1.54, 1.807) is 12.1 Å². The number of amides is 1. The summed E-state index contributed by atoms with van der Waals surface area (Å²) in [4.78, 5) is 10.9. The molecule has 3 heteroatoms. The van der Waals surface area contributed by atoms with E-state index in [9.17, 15) is 4.79 Å². The summed E-state index contributed by atoms with van der Waals surface area (Å²) in [6.45, 7) is 2.00. The number of rotatable bonds is 1. The molecule has 0 fully saturated rings. The van der Waals surface area contributed by atoms with E-state index >= 15 is 0 Å². The highest BCUT2D eigenvalue weighted by atomic mass is 16.1. The smallest absolute Gasteiger partial charge is 0.248 e. The highest BCUT2D eigenvalue weighted by molar-refractivity contribution is 5.94. The van der Waals surface area contributed by atoms with Crippen LogP contribution in [0.25, 0.3) is 5.52 Å². The zero-order chi connectivity index (χ0) is 9.42. The quantitative estimate of drug-likeness (QED) is 0.696. The minimum Gasteiger partial charge on any atom is -0.366 e. The van der Waals surface area contributed by atoms with Gasteiger partial charge in [-0.3, -0.25) is 4.79 Å². The molecule has 0 atom stereocenters. The SMILES string of the molecule is Cc1ccn2ccc(C(N)=O)cc12. The third-order valence-corrected chi connectivity index (χ3v) is 2.16. The number of aromatic nitrogens is 1. The summed E-state index contributed by atoms with van der Waals surface area (Å²) in [7, 11) is 0. The van der Waals surface area contributed by atoms with Gasteiger partial charge in [0, 0.05) is 23.5 Å². The van der Waals surface area contributed by atoms with Gasteiger partial charge in [0.25, 0.3) is 0 Å². The second kappa shape index (κ2) is 2.62. The first kappa shape index (κ1) is 7.86. The van der Waals surface area contributed by atoms with Crippen LogP contribution < -0.4 is 5.73 Å². The number of carbonyl (C=O) groups is 1. The maximum absolute atomic E-state index is 10.9. The summed E-state index contributed by atoms with van der Waals surface area (Å²) in [5.41, 5.74) is 7.89. The minimum atomic E-state index is -0.386. The van der Waals surface area contributed by atoms with Gasteiger partial charge in [-0.1, -0.05) is 0 Å². The second-order valence-corrected chi connectivity index (χ2v) is 3.07. The van der Waals surface area contributed by atoms with Crippen LogP contribution in [0.3, 0.4) is 0 Å². The Morgan fingerprint density at radius 2 is 2.08 bits per heavy atom. The summed E-state index contributed by atoms with van der Waals surface area (Å²) < 4.78 is 1.96. The Morgan fingerprint density at radius 1 is 1.38 bits per heavy atom. The molecule has 2 N–H and O–H groups in total.